The molecule has 3 N–H and O–H groups in total. The number of methoxy groups -OCH3 is 1. The molecule has 1 unspecified atom stereocenters. The van der Waals surface area contributed by atoms with Gasteiger partial charge in [0.1, 0.15) is 0 Å². The Kier molecular flexibility index (Phi) is 9.17. The highest BCUT2D eigenvalue weighted by Gasteiger charge is 2.13. The maximum absolute atomic E-state index is 10.8. The molecular weight excluding hydrogens is 315 g/mol. The molecule has 7 heteroatoms. The van der Waals surface area contributed by atoms with Crippen LogP contribution in [0.4, 0.5) is 0 Å². The van der Waals surface area contributed by atoms with E-state index in [0.717, 1.165) is 12.0 Å². The zero-order chi connectivity index (χ0) is 15.1. The van der Waals surface area contributed by atoms with Crippen molar-refractivity contribution in [2.45, 2.75) is 32.9 Å². The Morgan fingerprint density at radius 3 is 2.67 bits per heavy atom. The number of rotatable bonds is 8. The monoisotopic (exact) mass is 336 g/mol. The minimum atomic E-state index is -0.564. The summed E-state index contributed by atoms with van der Waals surface area (Å²) in [6.45, 7) is 4.68. The van der Waals surface area contributed by atoms with Gasteiger partial charge in [-0.15, -0.1) is 12.4 Å². The summed E-state index contributed by atoms with van der Waals surface area (Å²) in [6, 6.07) is 4.04. The summed E-state index contributed by atoms with van der Waals surface area (Å²) in [5.74, 6) is 0.255. The molecule has 120 valence electrons. The summed E-state index contributed by atoms with van der Waals surface area (Å²) in [5, 5.41) is 3.76. The van der Waals surface area contributed by atoms with Crippen LogP contribution in [-0.2, 0) is 11.3 Å². The third-order valence-corrected chi connectivity index (χ3v) is 3.20. The summed E-state index contributed by atoms with van der Waals surface area (Å²) in [4.78, 5) is 10.8. The molecule has 0 bridgehead atoms. The highest BCUT2D eigenvalue weighted by atomic mass is 35.5. The quantitative estimate of drug-likeness (QED) is 0.764. The third-order valence-electron chi connectivity index (χ3n) is 2.92. The van der Waals surface area contributed by atoms with Crippen molar-refractivity contribution in [3.05, 3.63) is 22.7 Å². The van der Waals surface area contributed by atoms with Crippen LogP contribution in [0, 0.1) is 0 Å². The number of carbonyl (C=O) groups excluding carboxylic acids is 1. The number of carbonyl (C=O) groups is 1. The summed E-state index contributed by atoms with van der Waals surface area (Å²) in [7, 11) is 1.52. The smallest absolute Gasteiger partial charge is 0.255 e. The number of primary amides is 1. The van der Waals surface area contributed by atoms with Crippen molar-refractivity contribution in [3.63, 3.8) is 0 Å². The molecule has 0 heterocycles. The van der Waals surface area contributed by atoms with Crippen molar-refractivity contribution >= 4 is 29.9 Å². The van der Waals surface area contributed by atoms with Gasteiger partial charge in [-0.1, -0.05) is 18.5 Å². The number of ether oxygens (including phenoxy) is 2. The number of nitrogens with two attached hydrogens (primary N) is 1. The van der Waals surface area contributed by atoms with Crippen LogP contribution in [0.1, 0.15) is 25.8 Å². The van der Waals surface area contributed by atoms with Gasteiger partial charge in [-0.05, 0) is 31.0 Å². The lowest BCUT2D eigenvalue weighted by Gasteiger charge is -2.15. The highest BCUT2D eigenvalue weighted by molar-refractivity contribution is 6.32. The molecule has 0 saturated carbocycles. The second-order valence-electron chi connectivity index (χ2n) is 4.55. The van der Waals surface area contributed by atoms with Crippen LogP contribution >= 0.6 is 24.0 Å². The maximum atomic E-state index is 10.8. The summed E-state index contributed by atoms with van der Waals surface area (Å²) in [5.41, 5.74) is 6.04. The lowest BCUT2D eigenvalue weighted by atomic mass is 10.1. The van der Waals surface area contributed by atoms with Crippen molar-refractivity contribution < 1.29 is 14.3 Å². The molecule has 0 fully saturated rings. The molecule has 0 aliphatic carbocycles. The summed E-state index contributed by atoms with van der Waals surface area (Å²) >= 11 is 6.16. The number of hydrogen-bond donors (Lipinski definition) is 2. The molecular formula is C14H22Cl2N2O3. The lowest BCUT2D eigenvalue weighted by molar-refractivity contribution is -0.119. The standard InChI is InChI=1S/C14H21ClN2O3.ClH/c1-4-9(2)17-7-10-5-11(15)14(12(6-10)19-3)20-8-13(16)18;/h5-6,9,17H,4,7-8H2,1-3H3,(H2,16,18);1H. The lowest BCUT2D eigenvalue weighted by Crippen LogP contribution is -2.24. The predicted octanol–water partition coefficient (Wildman–Crippen LogP) is 2.52. The fraction of sp³-hybridized carbons (Fsp3) is 0.500. The van der Waals surface area contributed by atoms with Crippen molar-refractivity contribution in [2.24, 2.45) is 5.73 Å². The normalized spacial score (nSPS) is 11.4. The summed E-state index contributed by atoms with van der Waals surface area (Å²) in [6.07, 6.45) is 1.05. The molecule has 0 saturated heterocycles. The van der Waals surface area contributed by atoms with Gasteiger partial charge < -0.3 is 20.5 Å². The van der Waals surface area contributed by atoms with Crippen molar-refractivity contribution in [3.8, 4) is 11.5 Å². The Bertz CT molecular complexity index is 470. The molecule has 0 aliphatic rings. The van der Waals surface area contributed by atoms with E-state index in [0.29, 0.717) is 29.1 Å². The van der Waals surface area contributed by atoms with Crippen LogP contribution in [0.2, 0.25) is 5.02 Å². The average molecular weight is 337 g/mol. The second kappa shape index (κ2) is 9.71. The molecule has 1 amide bonds. The Morgan fingerprint density at radius 2 is 2.14 bits per heavy atom. The molecule has 5 nitrogen and oxygen atoms in total. The van der Waals surface area contributed by atoms with Crippen molar-refractivity contribution in [1.29, 1.82) is 0 Å². The maximum Gasteiger partial charge on any atom is 0.255 e. The van der Waals surface area contributed by atoms with Crippen molar-refractivity contribution in [2.75, 3.05) is 13.7 Å². The first-order valence-corrected chi connectivity index (χ1v) is 6.86. The van der Waals surface area contributed by atoms with E-state index in [9.17, 15) is 4.79 Å². The highest BCUT2D eigenvalue weighted by Crippen LogP contribution is 2.36. The van der Waals surface area contributed by atoms with E-state index >= 15 is 0 Å². The average Bonchev–Trinajstić information content (AvgIpc) is 2.42. The van der Waals surface area contributed by atoms with Gasteiger partial charge in [0.2, 0.25) is 0 Å². The molecule has 0 aliphatic heterocycles. The Hall–Kier alpha value is -1.17. The largest absolute Gasteiger partial charge is 0.493 e. The SMILES string of the molecule is CCC(C)NCc1cc(Cl)c(OCC(N)=O)c(OC)c1.Cl. The van der Waals surface area contributed by atoms with Crippen LogP contribution < -0.4 is 20.5 Å². The van der Waals surface area contributed by atoms with E-state index in [1.165, 1.54) is 7.11 Å². The fourth-order valence-corrected chi connectivity index (χ4v) is 1.88. The Morgan fingerprint density at radius 1 is 1.48 bits per heavy atom. The van der Waals surface area contributed by atoms with Gasteiger partial charge in [0, 0.05) is 12.6 Å². The molecule has 21 heavy (non-hydrogen) atoms. The van der Waals surface area contributed by atoms with Crippen LogP contribution in [0.25, 0.3) is 0 Å². The fourth-order valence-electron chi connectivity index (χ4n) is 1.60. The summed E-state index contributed by atoms with van der Waals surface area (Å²) < 4.78 is 10.5. The van der Waals surface area contributed by atoms with Gasteiger partial charge in [-0.3, -0.25) is 4.79 Å². The predicted molar refractivity (Wildman–Crippen MR) is 86.5 cm³/mol. The molecule has 0 aromatic heterocycles. The zero-order valence-electron chi connectivity index (χ0n) is 12.4. The minimum Gasteiger partial charge on any atom is -0.493 e. The van der Waals surface area contributed by atoms with Crippen LogP contribution in [0.5, 0.6) is 11.5 Å². The van der Waals surface area contributed by atoms with Gasteiger partial charge in [0.15, 0.2) is 18.1 Å². The molecule has 0 radical (unpaired) electrons. The van der Waals surface area contributed by atoms with E-state index in [-0.39, 0.29) is 19.0 Å². The van der Waals surface area contributed by atoms with E-state index in [1.807, 2.05) is 6.07 Å². The van der Waals surface area contributed by atoms with E-state index in [2.05, 4.69) is 19.2 Å². The third kappa shape index (κ3) is 6.42. The Balaban J connectivity index is 0.00000400. The zero-order valence-corrected chi connectivity index (χ0v) is 14.0. The van der Waals surface area contributed by atoms with E-state index in [1.54, 1.807) is 6.07 Å². The van der Waals surface area contributed by atoms with Gasteiger partial charge >= 0.3 is 0 Å². The number of halogens is 2. The second-order valence-corrected chi connectivity index (χ2v) is 4.96. The van der Waals surface area contributed by atoms with Gasteiger partial charge in [0.05, 0.1) is 12.1 Å². The topological polar surface area (TPSA) is 73.6 Å². The number of hydrogen-bond acceptors (Lipinski definition) is 4. The first-order chi connectivity index (χ1) is 9.47. The first kappa shape index (κ1) is 19.8. The van der Waals surface area contributed by atoms with E-state index < -0.39 is 5.91 Å². The number of benzene rings is 1. The van der Waals surface area contributed by atoms with Crippen molar-refractivity contribution in [1.82, 2.24) is 5.32 Å². The minimum absolute atomic E-state index is 0. The van der Waals surface area contributed by atoms with Gasteiger partial charge in [-0.25, -0.2) is 0 Å². The Labute approximate surface area is 136 Å². The van der Waals surface area contributed by atoms with Crippen LogP contribution in [-0.4, -0.2) is 25.7 Å². The van der Waals surface area contributed by atoms with Crippen LogP contribution in [0.15, 0.2) is 12.1 Å². The first-order valence-electron chi connectivity index (χ1n) is 6.48. The van der Waals surface area contributed by atoms with Crippen LogP contribution in [0.3, 0.4) is 0 Å². The molecule has 1 aromatic carbocycles. The molecule has 1 aromatic rings. The molecule has 1 rings (SSSR count). The molecule has 0 spiro atoms. The van der Waals surface area contributed by atoms with Gasteiger partial charge in [0.25, 0.3) is 5.91 Å². The molecule has 1 atom stereocenters. The van der Waals surface area contributed by atoms with Gasteiger partial charge in [-0.2, -0.15) is 0 Å². The number of nitrogens with one attached hydrogen (secondary N) is 1. The number of amides is 1. The van der Waals surface area contributed by atoms with E-state index in [4.69, 9.17) is 26.8 Å².